The van der Waals surface area contributed by atoms with Gasteiger partial charge in [0.2, 0.25) is 5.91 Å². The number of rotatable bonds is 5. The fraction of sp³-hybridized carbons (Fsp3) is 0.900. The number of hydrogen-bond acceptors (Lipinski definition) is 3. The molecule has 0 aromatic carbocycles. The Balaban J connectivity index is 2.28. The summed E-state index contributed by atoms with van der Waals surface area (Å²) in [5.41, 5.74) is 5.49. The Hall–Kier alpha value is -0.610. The summed E-state index contributed by atoms with van der Waals surface area (Å²) >= 11 is 0. The summed E-state index contributed by atoms with van der Waals surface area (Å²) < 4.78 is 5.38. The molecule has 0 aromatic heterocycles. The average Bonchev–Trinajstić information content (AvgIpc) is 2.15. The van der Waals surface area contributed by atoms with E-state index in [4.69, 9.17) is 10.5 Å². The third-order valence-electron chi connectivity index (χ3n) is 3.06. The largest absolute Gasteiger partial charge is 0.376 e. The van der Waals surface area contributed by atoms with E-state index in [1.807, 2.05) is 6.92 Å². The molecule has 1 saturated carbocycles. The minimum absolute atomic E-state index is 0.0733. The molecular formula is C10H20N2O2. The molecule has 0 aliphatic heterocycles. The number of amides is 1. The van der Waals surface area contributed by atoms with Gasteiger partial charge in [0.15, 0.2) is 0 Å². The lowest BCUT2D eigenvalue weighted by Crippen LogP contribution is -2.52. The van der Waals surface area contributed by atoms with Gasteiger partial charge in [0.1, 0.15) is 0 Å². The number of nitrogens with one attached hydrogen (secondary N) is 1. The van der Waals surface area contributed by atoms with Crippen LogP contribution in [0, 0.1) is 0 Å². The van der Waals surface area contributed by atoms with Crippen LogP contribution < -0.4 is 11.1 Å². The van der Waals surface area contributed by atoms with Crippen LogP contribution in [0.25, 0.3) is 0 Å². The number of ether oxygens (including phenoxy) is 1. The second-order valence-corrected chi connectivity index (χ2v) is 3.97. The maximum atomic E-state index is 11.4. The van der Waals surface area contributed by atoms with E-state index in [9.17, 15) is 4.79 Å². The van der Waals surface area contributed by atoms with E-state index in [0.29, 0.717) is 13.0 Å². The molecule has 0 radical (unpaired) electrons. The van der Waals surface area contributed by atoms with Gasteiger partial charge >= 0.3 is 0 Å². The molecule has 1 fully saturated rings. The van der Waals surface area contributed by atoms with Gasteiger partial charge in [0.25, 0.3) is 0 Å². The van der Waals surface area contributed by atoms with Crippen LogP contribution in [0.1, 0.15) is 32.6 Å². The lowest BCUT2D eigenvalue weighted by atomic mass is 9.80. The third-order valence-corrected chi connectivity index (χ3v) is 3.06. The van der Waals surface area contributed by atoms with Crippen LogP contribution >= 0.6 is 0 Å². The second-order valence-electron chi connectivity index (χ2n) is 3.97. The van der Waals surface area contributed by atoms with Crippen LogP contribution in [0.3, 0.4) is 0 Å². The first-order chi connectivity index (χ1) is 6.63. The molecule has 0 heterocycles. The van der Waals surface area contributed by atoms with Crippen LogP contribution in [0.2, 0.25) is 0 Å². The van der Waals surface area contributed by atoms with E-state index in [1.54, 1.807) is 7.11 Å². The molecule has 0 aromatic rings. The highest BCUT2D eigenvalue weighted by Gasteiger charge is 2.37. The third kappa shape index (κ3) is 2.45. The van der Waals surface area contributed by atoms with Crippen LogP contribution in [-0.2, 0) is 9.53 Å². The van der Waals surface area contributed by atoms with Gasteiger partial charge in [0, 0.05) is 13.7 Å². The van der Waals surface area contributed by atoms with Gasteiger partial charge in [-0.25, -0.2) is 0 Å². The fourth-order valence-corrected chi connectivity index (χ4v) is 1.59. The van der Waals surface area contributed by atoms with E-state index in [-0.39, 0.29) is 17.6 Å². The molecule has 3 N–H and O–H groups in total. The van der Waals surface area contributed by atoms with Crippen molar-refractivity contribution >= 4 is 5.91 Å². The second kappa shape index (κ2) is 4.75. The Morgan fingerprint density at radius 3 is 2.64 bits per heavy atom. The summed E-state index contributed by atoms with van der Waals surface area (Å²) in [4.78, 5) is 11.4. The molecule has 0 saturated heterocycles. The molecule has 4 nitrogen and oxygen atoms in total. The zero-order valence-corrected chi connectivity index (χ0v) is 9.01. The van der Waals surface area contributed by atoms with Crippen molar-refractivity contribution < 1.29 is 9.53 Å². The number of methoxy groups -OCH3 is 1. The monoisotopic (exact) mass is 200 g/mol. The van der Waals surface area contributed by atoms with Crippen molar-refractivity contribution in [1.82, 2.24) is 5.32 Å². The molecule has 1 atom stereocenters. The Bertz CT molecular complexity index is 197. The Kier molecular flexibility index (Phi) is 3.89. The maximum absolute atomic E-state index is 11.4. The molecule has 82 valence electrons. The van der Waals surface area contributed by atoms with Crippen LogP contribution in [-0.4, -0.2) is 31.2 Å². The summed E-state index contributed by atoms with van der Waals surface area (Å²) in [5.74, 6) is -0.0733. The SMILES string of the molecule is CC[C@@H](N)C(=O)NCC1(OC)CCC1. The zero-order valence-electron chi connectivity index (χ0n) is 9.01. The normalized spacial score (nSPS) is 21.1. The minimum Gasteiger partial charge on any atom is -0.376 e. The van der Waals surface area contributed by atoms with Gasteiger partial charge in [0.05, 0.1) is 11.6 Å². The van der Waals surface area contributed by atoms with Gasteiger partial charge in [-0.15, -0.1) is 0 Å². The van der Waals surface area contributed by atoms with Gasteiger partial charge in [-0.1, -0.05) is 6.92 Å². The number of hydrogen-bond donors (Lipinski definition) is 2. The van der Waals surface area contributed by atoms with Crippen LogP contribution in [0.15, 0.2) is 0 Å². The number of carbonyl (C=O) groups is 1. The highest BCUT2D eigenvalue weighted by molar-refractivity contribution is 5.81. The zero-order chi connectivity index (χ0) is 10.6. The standard InChI is InChI=1S/C10H20N2O2/c1-3-8(11)9(13)12-7-10(14-2)5-4-6-10/h8H,3-7,11H2,1-2H3,(H,12,13)/t8-/m1/s1. The van der Waals surface area contributed by atoms with E-state index in [1.165, 1.54) is 6.42 Å². The number of carbonyl (C=O) groups excluding carboxylic acids is 1. The molecule has 0 spiro atoms. The van der Waals surface area contributed by atoms with Crippen molar-refractivity contribution in [2.45, 2.75) is 44.2 Å². The molecule has 1 aliphatic rings. The quantitative estimate of drug-likeness (QED) is 0.675. The first-order valence-electron chi connectivity index (χ1n) is 5.22. The van der Waals surface area contributed by atoms with Crippen molar-refractivity contribution in [3.63, 3.8) is 0 Å². The molecule has 1 amide bonds. The average molecular weight is 200 g/mol. The number of nitrogens with two attached hydrogens (primary N) is 1. The van der Waals surface area contributed by atoms with Crippen molar-refractivity contribution in [1.29, 1.82) is 0 Å². The van der Waals surface area contributed by atoms with Gasteiger partial charge in [-0.3, -0.25) is 4.79 Å². The van der Waals surface area contributed by atoms with Crippen molar-refractivity contribution in [2.75, 3.05) is 13.7 Å². The van der Waals surface area contributed by atoms with Crippen LogP contribution in [0.5, 0.6) is 0 Å². The van der Waals surface area contributed by atoms with Gasteiger partial charge in [-0.05, 0) is 25.7 Å². The minimum atomic E-state index is -0.385. The Morgan fingerprint density at radius 1 is 1.64 bits per heavy atom. The predicted molar refractivity (Wildman–Crippen MR) is 54.9 cm³/mol. The smallest absolute Gasteiger partial charge is 0.237 e. The lowest BCUT2D eigenvalue weighted by Gasteiger charge is -2.40. The van der Waals surface area contributed by atoms with Crippen molar-refractivity contribution in [3.8, 4) is 0 Å². The van der Waals surface area contributed by atoms with E-state index in [2.05, 4.69) is 5.32 Å². The van der Waals surface area contributed by atoms with E-state index in [0.717, 1.165) is 12.8 Å². The molecule has 0 bridgehead atoms. The Morgan fingerprint density at radius 2 is 2.29 bits per heavy atom. The Labute approximate surface area is 85.2 Å². The highest BCUT2D eigenvalue weighted by Crippen LogP contribution is 2.34. The van der Waals surface area contributed by atoms with Crippen LogP contribution in [0.4, 0.5) is 0 Å². The topological polar surface area (TPSA) is 64.4 Å². The fourth-order valence-electron chi connectivity index (χ4n) is 1.59. The lowest BCUT2D eigenvalue weighted by molar-refractivity contribution is -0.126. The summed E-state index contributed by atoms with van der Waals surface area (Å²) in [7, 11) is 1.70. The molecule has 0 unspecified atom stereocenters. The first kappa shape index (κ1) is 11.5. The maximum Gasteiger partial charge on any atom is 0.237 e. The molecule has 4 heteroatoms. The highest BCUT2D eigenvalue weighted by atomic mass is 16.5. The molecule has 1 aliphatic carbocycles. The van der Waals surface area contributed by atoms with Crippen molar-refractivity contribution in [3.05, 3.63) is 0 Å². The molecular weight excluding hydrogens is 180 g/mol. The van der Waals surface area contributed by atoms with E-state index >= 15 is 0 Å². The van der Waals surface area contributed by atoms with Gasteiger partial charge in [-0.2, -0.15) is 0 Å². The first-order valence-corrected chi connectivity index (χ1v) is 5.22. The van der Waals surface area contributed by atoms with E-state index < -0.39 is 0 Å². The van der Waals surface area contributed by atoms with Gasteiger partial charge < -0.3 is 15.8 Å². The summed E-state index contributed by atoms with van der Waals surface area (Å²) in [5, 5.41) is 2.84. The summed E-state index contributed by atoms with van der Waals surface area (Å²) in [6.45, 7) is 2.50. The summed E-state index contributed by atoms with van der Waals surface area (Å²) in [6, 6.07) is -0.385. The molecule has 1 rings (SSSR count). The predicted octanol–water partition coefficient (Wildman–Crippen LogP) is 0.409. The summed E-state index contributed by atoms with van der Waals surface area (Å²) in [6.07, 6.45) is 3.92. The van der Waals surface area contributed by atoms with Crippen molar-refractivity contribution in [2.24, 2.45) is 5.73 Å². The molecule has 14 heavy (non-hydrogen) atoms.